The number of ketones is 1. The van der Waals surface area contributed by atoms with Crippen molar-refractivity contribution in [2.45, 2.75) is 50.7 Å². The van der Waals surface area contributed by atoms with Gasteiger partial charge in [0.05, 0.1) is 17.1 Å². The summed E-state index contributed by atoms with van der Waals surface area (Å²) in [4.78, 5) is 39.2. The zero-order valence-corrected chi connectivity index (χ0v) is 18.0. The van der Waals surface area contributed by atoms with Gasteiger partial charge in [0.2, 0.25) is 0 Å². The van der Waals surface area contributed by atoms with E-state index in [4.69, 9.17) is 0 Å². The number of benzene rings is 1. The highest BCUT2D eigenvalue weighted by molar-refractivity contribution is 6.44. The Balaban J connectivity index is 1.41. The van der Waals surface area contributed by atoms with Crippen molar-refractivity contribution in [1.82, 2.24) is 26.3 Å². The van der Waals surface area contributed by atoms with E-state index < -0.39 is 34.8 Å². The molecule has 1 saturated heterocycles. The molecule has 0 bridgehead atoms. The zero-order valence-electron chi connectivity index (χ0n) is 18.0. The smallest absolute Gasteiger partial charge is 0.292 e. The average molecular weight is 458 g/mol. The molecule has 1 saturated carbocycles. The van der Waals surface area contributed by atoms with E-state index in [-0.39, 0.29) is 23.0 Å². The van der Waals surface area contributed by atoms with Crippen LogP contribution in [0.25, 0.3) is 0 Å². The van der Waals surface area contributed by atoms with Gasteiger partial charge in [-0.1, -0.05) is 0 Å². The van der Waals surface area contributed by atoms with Crippen LogP contribution in [0.15, 0.2) is 18.2 Å². The van der Waals surface area contributed by atoms with Crippen molar-refractivity contribution < 1.29 is 23.2 Å². The highest BCUT2D eigenvalue weighted by atomic mass is 19.1. The first-order valence-corrected chi connectivity index (χ1v) is 10.9. The number of amides is 2. The molecule has 2 fully saturated rings. The minimum absolute atomic E-state index is 0.0296. The van der Waals surface area contributed by atoms with Gasteiger partial charge in [0.25, 0.3) is 17.6 Å². The van der Waals surface area contributed by atoms with Crippen LogP contribution in [0.3, 0.4) is 0 Å². The van der Waals surface area contributed by atoms with Crippen LogP contribution in [-0.2, 0) is 17.8 Å². The number of hydrazine groups is 2. The lowest BCUT2D eigenvalue weighted by molar-refractivity contribution is -0.118. The summed E-state index contributed by atoms with van der Waals surface area (Å²) in [6.07, 6.45) is 2.80. The van der Waals surface area contributed by atoms with Crippen LogP contribution in [0.5, 0.6) is 0 Å². The van der Waals surface area contributed by atoms with Gasteiger partial charge in [-0.25, -0.2) is 19.6 Å². The summed E-state index contributed by atoms with van der Waals surface area (Å²) in [6.45, 7) is 2.74. The fourth-order valence-corrected chi connectivity index (χ4v) is 4.90. The first-order valence-electron chi connectivity index (χ1n) is 10.9. The Labute approximate surface area is 188 Å². The number of carbonyl (C=O) groups excluding carboxylic acids is 3. The van der Waals surface area contributed by atoms with Crippen molar-refractivity contribution in [3.8, 4) is 0 Å². The van der Waals surface area contributed by atoms with Crippen molar-refractivity contribution in [2.75, 3.05) is 11.9 Å². The third-order valence-corrected chi connectivity index (χ3v) is 6.64. The summed E-state index contributed by atoms with van der Waals surface area (Å²) in [5.74, 6) is -3.61. The van der Waals surface area contributed by atoms with E-state index in [1.54, 1.807) is 11.5 Å². The molecule has 174 valence electrons. The minimum Gasteiger partial charge on any atom is -0.342 e. The van der Waals surface area contributed by atoms with Crippen molar-refractivity contribution in [3.63, 3.8) is 0 Å². The molecule has 0 spiro atoms. The zero-order chi connectivity index (χ0) is 23.3. The van der Waals surface area contributed by atoms with Gasteiger partial charge >= 0.3 is 0 Å². The fourth-order valence-electron chi connectivity index (χ4n) is 4.90. The van der Waals surface area contributed by atoms with Crippen LogP contribution in [0.1, 0.15) is 51.4 Å². The number of nitrogens with one attached hydrogen (secondary N) is 5. The van der Waals surface area contributed by atoms with E-state index in [2.05, 4.69) is 27.0 Å². The Morgan fingerprint density at radius 3 is 2.52 bits per heavy atom. The Morgan fingerprint density at radius 1 is 1.15 bits per heavy atom. The summed E-state index contributed by atoms with van der Waals surface area (Å²) in [5.41, 5.74) is 9.75. The van der Waals surface area contributed by atoms with E-state index in [0.717, 1.165) is 31.4 Å². The van der Waals surface area contributed by atoms with E-state index in [1.165, 1.54) is 0 Å². The summed E-state index contributed by atoms with van der Waals surface area (Å²) >= 11 is 0. The van der Waals surface area contributed by atoms with Gasteiger partial charge in [-0.3, -0.25) is 14.4 Å². The molecule has 2 amide bonds. The first kappa shape index (κ1) is 21.7. The van der Waals surface area contributed by atoms with Crippen LogP contribution in [-0.4, -0.2) is 40.3 Å². The topological polar surface area (TPSA) is 116 Å². The molecule has 9 nitrogen and oxygen atoms in total. The van der Waals surface area contributed by atoms with Crippen LogP contribution in [0.4, 0.5) is 14.5 Å². The molecule has 0 radical (unpaired) electrons. The second kappa shape index (κ2) is 8.01. The molecule has 3 heterocycles. The maximum atomic E-state index is 13.5. The van der Waals surface area contributed by atoms with Crippen molar-refractivity contribution in [3.05, 3.63) is 52.3 Å². The largest absolute Gasteiger partial charge is 0.342 e. The highest BCUT2D eigenvalue weighted by Gasteiger charge is 2.52. The van der Waals surface area contributed by atoms with Crippen LogP contribution in [0.2, 0.25) is 0 Å². The Bertz CT molecular complexity index is 1150. The van der Waals surface area contributed by atoms with Crippen LogP contribution in [0, 0.1) is 18.6 Å². The highest BCUT2D eigenvalue weighted by Crippen LogP contribution is 2.39. The minimum atomic E-state index is -0.814. The molecule has 1 aliphatic carbocycles. The number of nitrogens with zero attached hydrogens (tertiary/aromatic N) is 1. The molecule has 2 aromatic rings. The van der Waals surface area contributed by atoms with E-state index in [1.807, 2.05) is 0 Å². The SMILES string of the molecule is Cc1c(C(=O)C(=O)NC2(C3CNNN3)CC2)c2n(c1C(=O)Nc1cc(F)cc(F)c1)CCC2. The van der Waals surface area contributed by atoms with Crippen molar-refractivity contribution in [1.29, 1.82) is 0 Å². The molecular formula is C22H24F2N6O3. The first-order chi connectivity index (χ1) is 15.8. The molecule has 1 unspecified atom stereocenters. The number of hydrogen-bond acceptors (Lipinski definition) is 6. The second-order valence-electron chi connectivity index (χ2n) is 8.80. The number of aromatic nitrogens is 1. The molecule has 5 rings (SSSR count). The molecule has 11 heteroatoms. The third-order valence-electron chi connectivity index (χ3n) is 6.64. The Morgan fingerprint density at radius 2 is 1.88 bits per heavy atom. The predicted molar refractivity (Wildman–Crippen MR) is 114 cm³/mol. The van der Waals surface area contributed by atoms with Gasteiger partial charge in [-0.05, 0) is 50.3 Å². The maximum absolute atomic E-state index is 13.5. The van der Waals surface area contributed by atoms with Crippen molar-refractivity contribution >= 4 is 23.3 Å². The van der Waals surface area contributed by atoms with Gasteiger partial charge < -0.3 is 15.2 Å². The number of Topliss-reactive ketones (excluding diaryl/α,β-unsaturated/α-hetero) is 1. The number of rotatable bonds is 6. The quantitative estimate of drug-likeness (QED) is 0.327. The molecule has 1 aromatic heterocycles. The Hall–Kier alpha value is -3.15. The standard InChI is InChI=1S/C22H24F2N6O3/c1-11-17(19(31)21(33)27-22(4-5-22)16-10-25-29-28-16)15-3-2-6-30(15)18(11)20(32)26-14-8-12(23)7-13(24)9-14/h7-9,16,25,28-29H,2-6,10H2,1H3,(H,26,32)(H,27,33). The van der Waals surface area contributed by atoms with Crippen LogP contribution >= 0.6 is 0 Å². The summed E-state index contributed by atoms with van der Waals surface area (Å²) < 4.78 is 28.8. The predicted octanol–water partition coefficient (Wildman–Crippen LogP) is 1.09. The lowest BCUT2D eigenvalue weighted by atomic mass is 10.0. The van der Waals surface area contributed by atoms with Gasteiger partial charge in [0.15, 0.2) is 0 Å². The summed E-state index contributed by atoms with van der Waals surface area (Å²) in [6, 6.07) is 2.70. The molecule has 33 heavy (non-hydrogen) atoms. The molecule has 3 aliphatic rings. The molecule has 1 atom stereocenters. The summed E-state index contributed by atoms with van der Waals surface area (Å²) in [5, 5.41) is 5.40. The second-order valence-corrected chi connectivity index (χ2v) is 8.80. The molecular weight excluding hydrogens is 434 g/mol. The number of anilines is 1. The summed E-state index contributed by atoms with van der Waals surface area (Å²) in [7, 11) is 0. The number of carbonyl (C=O) groups is 3. The van der Waals surface area contributed by atoms with Crippen molar-refractivity contribution in [2.24, 2.45) is 0 Å². The van der Waals surface area contributed by atoms with Gasteiger partial charge in [-0.15, -0.1) is 0 Å². The fraction of sp³-hybridized carbons (Fsp3) is 0.409. The monoisotopic (exact) mass is 458 g/mol. The number of fused-ring (bicyclic) bond motifs is 1. The Kier molecular flexibility index (Phi) is 5.26. The lowest BCUT2D eigenvalue weighted by Gasteiger charge is -2.22. The van der Waals surface area contributed by atoms with E-state index in [9.17, 15) is 23.2 Å². The maximum Gasteiger partial charge on any atom is 0.292 e. The van der Waals surface area contributed by atoms with Gasteiger partial charge in [0.1, 0.15) is 17.3 Å². The number of hydrogen-bond donors (Lipinski definition) is 5. The molecule has 1 aromatic carbocycles. The van der Waals surface area contributed by atoms with Gasteiger partial charge in [-0.2, -0.15) is 5.53 Å². The number of halogens is 2. The van der Waals surface area contributed by atoms with Crippen LogP contribution < -0.4 is 27.0 Å². The van der Waals surface area contributed by atoms with E-state index >= 15 is 0 Å². The average Bonchev–Trinajstić information content (AvgIpc) is 3.12. The normalized spacial score (nSPS) is 20.4. The lowest BCUT2D eigenvalue weighted by Crippen LogP contribution is -2.53. The molecule has 2 aliphatic heterocycles. The molecule has 5 N–H and O–H groups in total. The van der Waals surface area contributed by atoms with Gasteiger partial charge in [0, 0.05) is 30.5 Å². The van der Waals surface area contributed by atoms with E-state index in [0.29, 0.717) is 36.8 Å². The third kappa shape index (κ3) is 3.81.